The third-order valence-corrected chi connectivity index (χ3v) is 5.16. The standard InChI is InChI=1S/C22H28ClN3O4/c1-15(24-22(27)25-17-10-19(28-2)12-20(11-17)29-3)8-9-26-13-21(14-26)30-18-6-4-16(23)5-7-18/h4-7,10-12,15,21H,8-9,13-14H2,1-3H3,(H2,24,25,27)/t15-/m0/s1. The summed E-state index contributed by atoms with van der Waals surface area (Å²) in [6.07, 6.45) is 1.04. The van der Waals surface area contributed by atoms with Crippen molar-refractivity contribution in [3.63, 3.8) is 0 Å². The number of benzene rings is 2. The number of ether oxygens (including phenoxy) is 3. The summed E-state index contributed by atoms with van der Waals surface area (Å²) < 4.78 is 16.4. The normalized spacial score (nSPS) is 15.1. The van der Waals surface area contributed by atoms with E-state index >= 15 is 0 Å². The molecular weight excluding hydrogens is 406 g/mol. The Morgan fingerprint density at radius 3 is 2.33 bits per heavy atom. The van der Waals surface area contributed by atoms with E-state index in [1.54, 1.807) is 32.4 Å². The zero-order valence-electron chi connectivity index (χ0n) is 17.5. The largest absolute Gasteiger partial charge is 0.497 e. The van der Waals surface area contributed by atoms with E-state index in [0.717, 1.165) is 31.8 Å². The number of carbonyl (C=O) groups excluding carboxylic acids is 1. The van der Waals surface area contributed by atoms with Crippen LogP contribution in [0, 0.1) is 0 Å². The van der Waals surface area contributed by atoms with Crippen LogP contribution in [0.25, 0.3) is 0 Å². The zero-order chi connectivity index (χ0) is 21.5. The number of likely N-dealkylation sites (tertiary alicyclic amines) is 1. The lowest BCUT2D eigenvalue weighted by atomic mass is 10.1. The van der Waals surface area contributed by atoms with Gasteiger partial charge >= 0.3 is 6.03 Å². The van der Waals surface area contributed by atoms with Gasteiger partial charge in [0, 0.05) is 54.6 Å². The Labute approximate surface area is 182 Å². The molecule has 1 fully saturated rings. The summed E-state index contributed by atoms with van der Waals surface area (Å²) >= 11 is 5.89. The molecule has 2 aromatic carbocycles. The predicted molar refractivity (Wildman–Crippen MR) is 118 cm³/mol. The molecule has 8 heteroatoms. The van der Waals surface area contributed by atoms with E-state index in [-0.39, 0.29) is 18.2 Å². The number of nitrogens with one attached hydrogen (secondary N) is 2. The summed E-state index contributed by atoms with van der Waals surface area (Å²) in [5.41, 5.74) is 0.612. The van der Waals surface area contributed by atoms with Crippen molar-refractivity contribution in [3.8, 4) is 17.2 Å². The molecule has 0 radical (unpaired) electrons. The summed E-state index contributed by atoms with van der Waals surface area (Å²) in [4.78, 5) is 14.6. The van der Waals surface area contributed by atoms with Crippen molar-refractivity contribution in [3.05, 3.63) is 47.5 Å². The van der Waals surface area contributed by atoms with Gasteiger partial charge in [0.15, 0.2) is 0 Å². The van der Waals surface area contributed by atoms with E-state index in [0.29, 0.717) is 22.2 Å². The summed E-state index contributed by atoms with van der Waals surface area (Å²) in [5.74, 6) is 2.07. The van der Waals surface area contributed by atoms with Gasteiger partial charge in [-0.3, -0.25) is 4.90 Å². The highest BCUT2D eigenvalue weighted by Crippen LogP contribution is 2.25. The van der Waals surface area contributed by atoms with Crippen molar-refractivity contribution in [2.45, 2.75) is 25.5 Å². The SMILES string of the molecule is COc1cc(NC(=O)N[C@@H](C)CCN2CC(Oc3ccc(Cl)cc3)C2)cc(OC)c1. The monoisotopic (exact) mass is 433 g/mol. The highest BCUT2D eigenvalue weighted by molar-refractivity contribution is 6.30. The highest BCUT2D eigenvalue weighted by Gasteiger charge is 2.28. The quantitative estimate of drug-likeness (QED) is 0.625. The number of urea groups is 1. The number of methoxy groups -OCH3 is 2. The Hall–Kier alpha value is -2.64. The fourth-order valence-electron chi connectivity index (χ4n) is 3.20. The first kappa shape index (κ1) is 22.1. The molecule has 2 aromatic rings. The van der Waals surface area contributed by atoms with Crippen LogP contribution in [0.15, 0.2) is 42.5 Å². The minimum absolute atomic E-state index is 0.0359. The number of halogens is 1. The number of anilines is 1. The van der Waals surface area contributed by atoms with Crippen LogP contribution >= 0.6 is 11.6 Å². The van der Waals surface area contributed by atoms with Gasteiger partial charge in [0.25, 0.3) is 0 Å². The Morgan fingerprint density at radius 1 is 1.10 bits per heavy atom. The molecule has 2 amide bonds. The van der Waals surface area contributed by atoms with Crippen LogP contribution in [-0.2, 0) is 0 Å². The maximum atomic E-state index is 12.3. The van der Waals surface area contributed by atoms with Crippen LogP contribution in [-0.4, -0.2) is 56.9 Å². The number of amides is 2. The van der Waals surface area contributed by atoms with Gasteiger partial charge in [-0.25, -0.2) is 4.79 Å². The molecule has 0 spiro atoms. The van der Waals surface area contributed by atoms with Crippen LogP contribution in [0.4, 0.5) is 10.5 Å². The minimum atomic E-state index is -0.259. The van der Waals surface area contributed by atoms with Gasteiger partial charge in [-0.15, -0.1) is 0 Å². The lowest BCUT2D eigenvalue weighted by molar-refractivity contribution is 0.0182. The Morgan fingerprint density at radius 2 is 1.73 bits per heavy atom. The van der Waals surface area contributed by atoms with E-state index < -0.39 is 0 Å². The third kappa shape index (κ3) is 6.43. The van der Waals surface area contributed by atoms with Crippen LogP contribution < -0.4 is 24.8 Å². The summed E-state index contributed by atoms with van der Waals surface area (Å²) in [7, 11) is 3.14. The molecule has 1 heterocycles. The average Bonchev–Trinajstić information content (AvgIpc) is 2.70. The molecule has 0 aromatic heterocycles. The minimum Gasteiger partial charge on any atom is -0.497 e. The van der Waals surface area contributed by atoms with Gasteiger partial charge in [-0.05, 0) is 37.6 Å². The second kappa shape index (κ2) is 10.4. The smallest absolute Gasteiger partial charge is 0.319 e. The summed E-state index contributed by atoms with van der Waals surface area (Å²) in [5, 5.41) is 6.49. The molecule has 0 aliphatic carbocycles. The van der Waals surface area contributed by atoms with E-state index in [2.05, 4.69) is 15.5 Å². The first-order chi connectivity index (χ1) is 14.4. The van der Waals surface area contributed by atoms with Crippen LogP contribution in [0.2, 0.25) is 5.02 Å². The number of carbonyl (C=O) groups is 1. The highest BCUT2D eigenvalue weighted by atomic mass is 35.5. The van der Waals surface area contributed by atoms with E-state index in [1.807, 2.05) is 31.2 Å². The molecular formula is C22H28ClN3O4. The average molecular weight is 434 g/mol. The molecule has 30 heavy (non-hydrogen) atoms. The van der Waals surface area contributed by atoms with Crippen molar-refractivity contribution >= 4 is 23.3 Å². The van der Waals surface area contributed by atoms with Gasteiger partial charge in [0.05, 0.1) is 14.2 Å². The van der Waals surface area contributed by atoms with E-state index in [1.165, 1.54) is 0 Å². The van der Waals surface area contributed by atoms with Crippen molar-refractivity contribution in [1.29, 1.82) is 0 Å². The Kier molecular flexibility index (Phi) is 7.65. The summed E-state index contributed by atoms with van der Waals surface area (Å²) in [6, 6.07) is 12.4. The van der Waals surface area contributed by atoms with Gasteiger partial charge in [0.1, 0.15) is 23.4 Å². The lowest BCUT2D eigenvalue weighted by Crippen LogP contribution is -2.54. The van der Waals surface area contributed by atoms with E-state index in [9.17, 15) is 4.79 Å². The van der Waals surface area contributed by atoms with Crippen LogP contribution in [0.5, 0.6) is 17.2 Å². The van der Waals surface area contributed by atoms with Crippen LogP contribution in [0.1, 0.15) is 13.3 Å². The lowest BCUT2D eigenvalue weighted by Gasteiger charge is -2.39. The van der Waals surface area contributed by atoms with Crippen molar-refractivity contribution in [2.24, 2.45) is 0 Å². The second-order valence-corrected chi connectivity index (χ2v) is 7.78. The molecule has 1 atom stereocenters. The topological polar surface area (TPSA) is 72.1 Å². The fourth-order valence-corrected chi connectivity index (χ4v) is 3.33. The molecule has 0 unspecified atom stereocenters. The molecule has 2 N–H and O–H groups in total. The predicted octanol–water partition coefficient (Wildman–Crippen LogP) is 4.02. The molecule has 0 saturated carbocycles. The van der Waals surface area contributed by atoms with Crippen molar-refractivity contribution < 1.29 is 19.0 Å². The molecule has 0 bridgehead atoms. The zero-order valence-corrected chi connectivity index (χ0v) is 18.2. The maximum absolute atomic E-state index is 12.3. The molecule has 3 rings (SSSR count). The van der Waals surface area contributed by atoms with E-state index in [4.69, 9.17) is 25.8 Å². The Bertz CT molecular complexity index is 819. The number of nitrogens with zero attached hydrogens (tertiary/aromatic N) is 1. The molecule has 162 valence electrons. The number of rotatable bonds is 9. The molecule has 1 saturated heterocycles. The first-order valence-corrected chi connectivity index (χ1v) is 10.3. The molecule has 7 nitrogen and oxygen atoms in total. The molecule has 1 aliphatic rings. The first-order valence-electron chi connectivity index (χ1n) is 9.90. The van der Waals surface area contributed by atoms with Gasteiger partial charge in [0.2, 0.25) is 0 Å². The number of hydrogen-bond donors (Lipinski definition) is 2. The van der Waals surface area contributed by atoms with Crippen molar-refractivity contribution in [2.75, 3.05) is 39.2 Å². The fraction of sp³-hybridized carbons (Fsp3) is 0.409. The third-order valence-electron chi connectivity index (χ3n) is 4.91. The Balaban J connectivity index is 1.35. The molecule has 1 aliphatic heterocycles. The van der Waals surface area contributed by atoms with Crippen LogP contribution in [0.3, 0.4) is 0 Å². The van der Waals surface area contributed by atoms with Crippen molar-refractivity contribution in [1.82, 2.24) is 10.2 Å². The second-order valence-electron chi connectivity index (χ2n) is 7.34. The van der Waals surface area contributed by atoms with Gasteiger partial charge in [-0.1, -0.05) is 11.6 Å². The summed E-state index contributed by atoms with van der Waals surface area (Å²) in [6.45, 7) is 4.65. The van der Waals surface area contributed by atoms with Gasteiger partial charge in [-0.2, -0.15) is 0 Å². The maximum Gasteiger partial charge on any atom is 0.319 e. The number of hydrogen-bond acceptors (Lipinski definition) is 5. The van der Waals surface area contributed by atoms with Gasteiger partial charge < -0.3 is 24.8 Å².